The van der Waals surface area contributed by atoms with E-state index >= 15 is 0 Å². The largest absolute Gasteiger partial charge is 0.324 e. The van der Waals surface area contributed by atoms with Gasteiger partial charge in [-0.25, -0.2) is 13.4 Å². The first-order valence-corrected chi connectivity index (χ1v) is 10.3. The molecule has 10 heteroatoms. The van der Waals surface area contributed by atoms with Crippen LogP contribution in [0.4, 0.5) is 11.5 Å². The highest BCUT2D eigenvalue weighted by molar-refractivity contribution is 7.92. The fourth-order valence-corrected chi connectivity index (χ4v) is 4.03. The molecule has 2 aromatic rings. The second kappa shape index (κ2) is 6.74. The summed E-state index contributed by atoms with van der Waals surface area (Å²) in [5.41, 5.74) is 0.428. The van der Waals surface area contributed by atoms with E-state index < -0.39 is 15.1 Å². The van der Waals surface area contributed by atoms with Gasteiger partial charge in [-0.05, 0) is 44.7 Å². The van der Waals surface area contributed by atoms with E-state index in [0.29, 0.717) is 11.5 Å². The number of nitrogens with zero attached hydrogens (tertiary/aromatic N) is 5. The van der Waals surface area contributed by atoms with E-state index in [1.54, 1.807) is 36.7 Å². The van der Waals surface area contributed by atoms with Crippen molar-refractivity contribution in [3.05, 3.63) is 22.7 Å². The van der Waals surface area contributed by atoms with Gasteiger partial charge >= 0.3 is 0 Å². The molecular formula is C15H19Cl2N5O2S. The van der Waals surface area contributed by atoms with Gasteiger partial charge in [0.1, 0.15) is 10.7 Å². The van der Waals surface area contributed by atoms with Crippen molar-refractivity contribution in [1.29, 1.82) is 0 Å². The van der Waals surface area contributed by atoms with Gasteiger partial charge in [0.25, 0.3) is 0 Å². The van der Waals surface area contributed by atoms with E-state index in [1.165, 1.54) is 6.20 Å². The quantitative estimate of drug-likeness (QED) is 0.708. The van der Waals surface area contributed by atoms with Gasteiger partial charge in [0.2, 0.25) is 20.1 Å². The van der Waals surface area contributed by atoms with Gasteiger partial charge in [-0.15, -0.1) is 0 Å². The lowest BCUT2D eigenvalue weighted by molar-refractivity contribution is 0.286. The van der Waals surface area contributed by atoms with Crippen molar-refractivity contribution in [2.75, 3.05) is 11.9 Å². The van der Waals surface area contributed by atoms with Crippen LogP contribution in [0.3, 0.4) is 0 Å². The summed E-state index contributed by atoms with van der Waals surface area (Å²) in [5.74, 6) is 0.329. The van der Waals surface area contributed by atoms with Crippen molar-refractivity contribution in [1.82, 2.24) is 19.7 Å². The van der Waals surface area contributed by atoms with E-state index in [2.05, 4.69) is 15.1 Å². The number of halogens is 2. The number of hydrogen-bond acceptors (Lipinski definition) is 6. The molecule has 2 aromatic heterocycles. The smallest absolute Gasteiger partial charge is 0.224 e. The SMILES string of the molecule is CC(C)S(=O)(=O)c1nn(C2CCC2)cc1N(C)c1nc(Cl)ncc1Cl. The number of sulfone groups is 1. The number of aromatic nitrogens is 4. The van der Waals surface area contributed by atoms with Gasteiger partial charge in [0, 0.05) is 7.05 Å². The lowest BCUT2D eigenvalue weighted by atomic mass is 9.93. The van der Waals surface area contributed by atoms with E-state index in [4.69, 9.17) is 23.2 Å². The Morgan fingerprint density at radius 2 is 2.00 bits per heavy atom. The molecule has 0 N–H and O–H groups in total. The zero-order valence-corrected chi connectivity index (χ0v) is 16.5. The minimum absolute atomic E-state index is 0.0303. The lowest BCUT2D eigenvalue weighted by Crippen LogP contribution is -2.20. The van der Waals surface area contributed by atoms with Gasteiger partial charge in [-0.2, -0.15) is 10.1 Å². The maximum absolute atomic E-state index is 12.8. The normalized spacial score (nSPS) is 15.4. The van der Waals surface area contributed by atoms with Crippen LogP contribution in [0.1, 0.15) is 39.2 Å². The predicted molar refractivity (Wildman–Crippen MR) is 97.6 cm³/mol. The third-order valence-electron chi connectivity index (χ3n) is 4.39. The number of rotatable bonds is 5. The zero-order chi connectivity index (χ0) is 18.4. The van der Waals surface area contributed by atoms with Crippen molar-refractivity contribution in [2.45, 2.75) is 49.4 Å². The molecule has 1 aliphatic rings. The Morgan fingerprint density at radius 1 is 1.32 bits per heavy atom. The molecular weight excluding hydrogens is 385 g/mol. The molecule has 1 saturated carbocycles. The number of hydrogen-bond donors (Lipinski definition) is 0. The van der Waals surface area contributed by atoms with E-state index in [9.17, 15) is 8.42 Å². The van der Waals surface area contributed by atoms with Crippen LogP contribution >= 0.6 is 23.2 Å². The highest BCUT2D eigenvalue weighted by atomic mass is 35.5. The molecule has 3 rings (SSSR count). The Morgan fingerprint density at radius 3 is 2.56 bits per heavy atom. The first-order valence-electron chi connectivity index (χ1n) is 7.96. The molecule has 2 heterocycles. The minimum Gasteiger partial charge on any atom is -0.324 e. The first-order chi connectivity index (χ1) is 11.7. The summed E-state index contributed by atoms with van der Waals surface area (Å²) in [6.45, 7) is 3.27. The van der Waals surface area contributed by atoms with Crippen LogP contribution in [0.25, 0.3) is 0 Å². The summed E-state index contributed by atoms with van der Waals surface area (Å²) in [4.78, 5) is 9.54. The summed E-state index contributed by atoms with van der Waals surface area (Å²) < 4.78 is 27.3. The molecule has 1 aliphatic carbocycles. The summed E-state index contributed by atoms with van der Waals surface area (Å²) in [5, 5.41) is 4.14. The molecule has 1 fully saturated rings. The third-order valence-corrected chi connectivity index (χ3v) is 6.91. The van der Waals surface area contributed by atoms with Crippen molar-refractivity contribution in [2.24, 2.45) is 0 Å². The van der Waals surface area contributed by atoms with Crippen molar-refractivity contribution in [3.63, 3.8) is 0 Å². The molecule has 0 saturated heterocycles. The second-order valence-corrected chi connectivity index (χ2v) is 9.51. The Balaban J connectivity index is 2.13. The Hall–Kier alpha value is -1.38. The minimum atomic E-state index is -3.57. The predicted octanol–water partition coefficient (Wildman–Crippen LogP) is 3.65. The summed E-state index contributed by atoms with van der Waals surface area (Å²) >= 11 is 12.0. The molecule has 0 radical (unpaired) electrons. The lowest BCUT2D eigenvalue weighted by Gasteiger charge is -2.25. The molecule has 0 amide bonds. The maximum Gasteiger partial charge on any atom is 0.224 e. The molecule has 0 bridgehead atoms. The van der Waals surface area contributed by atoms with Crippen LogP contribution in [-0.2, 0) is 9.84 Å². The van der Waals surface area contributed by atoms with E-state index in [-0.39, 0.29) is 21.4 Å². The summed E-state index contributed by atoms with van der Waals surface area (Å²) in [7, 11) is -1.89. The Kier molecular flexibility index (Phi) is 4.96. The number of anilines is 2. The van der Waals surface area contributed by atoms with Crippen molar-refractivity contribution < 1.29 is 8.42 Å². The average Bonchev–Trinajstić information content (AvgIpc) is 2.92. The van der Waals surface area contributed by atoms with Crippen LogP contribution in [0.5, 0.6) is 0 Å². The average molecular weight is 404 g/mol. The highest BCUT2D eigenvalue weighted by Crippen LogP contribution is 2.38. The third kappa shape index (κ3) is 3.35. The summed E-state index contributed by atoms with van der Waals surface area (Å²) in [6, 6.07) is 0.229. The van der Waals surface area contributed by atoms with Crippen LogP contribution in [-0.4, -0.2) is 40.5 Å². The fourth-order valence-electron chi connectivity index (χ4n) is 2.55. The topological polar surface area (TPSA) is 81.0 Å². The van der Waals surface area contributed by atoms with Gasteiger partial charge < -0.3 is 4.90 Å². The van der Waals surface area contributed by atoms with Gasteiger partial charge in [0.05, 0.1) is 23.7 Å². The molecule has 0 atom stereocenters. The monoisotopic (exact) mass is 403 g/mol. The zero-order valence-electron chi connectivity index (χ0n) is 14.1. The molecule has 0 aromatic carbocycles. The second-order valence-electron chi connectivity index (χ2n) is 6.35. The van der Waals surface area contributed by atoms with Crippen LogP contribution in [0.2, 0.25) is 10.3 Å². The molecule has 136 valence electrons. The first kappa shape index (κ1) is 18.4. The van der Waals surface area contributed by atoms with Gasteiger partial charge in [-0.1, -0.05) is 11.6 Å². The summed E-state index contributed by atoms with van der Waals surface area (Å²) in [6.07, 6.45) is 6.23. The van der Waals surface area contributed by atoms with Gasteiger partial charge in [-0.3, -0.25) is 4.68 Å². The van der Waals surface area contributed by atoms with E-state index in [1.807, 2.05) is 0 Å². The maximum atomic E-state index is 12.8. The molecule has 0 unspecified atom stereocenters. The van der Waals surface area contributed by atoms with Gasteiger partial charge in [0.15, 0.2) is 5.82 Å². The van der Waals surface area contributed by atoms with E-state index in [0.717, 1.165) is 19.3 Å². The van der Waals surface area contributed by atoms with Crippen LogP contribution in [0.15, 0.2) is 17.4 Å². The highest BCUT2D eigenvalue weighted by Gasteiger charge is 2.32. The fraction of sp³-hybridized carbons (Fsp3) is 0.533. The molecule has 0 spiro atoms. The van der Waals surface area contributed by atoms with Crippen LogP contribution < -0.4 is 4.90 Å². The van der Waals surface area contributed by atoms with Crippen molar-refractivity contribution >= 4 is 44.5 Å². The molecule has 7 nitrogen and oxygen atoms in total. The molecule has 25 heavy (non-hydrogen) atoms. The van der Waals surface area contributed by atoms with Crippen molar-refractivity contribution in [3.8, 4) is 0 Å². The standard InChI is InChI=1S/C15H19Cl2N5O2S/c1-9(2)25(23,24)14-12(8-22(20-14)10-5-4-6-10)21(3)13-11(16)7-18-15(17)19-13/h7-10H,4-6H2,1-3H3. The van der Waals surface area contributed by atoms with Crippen LogP contribution in [0, 0.1) is 0 Å². The molecule has 0 aliphatic heterocycles. The Bertz CT molecular complexity index is 893. The Labute approximate surface area is 156 Å².